The fourth-order valence-corrected chi connectivity index (χ4v) is 6.40. The van der Waals surface area contributed by atoms with Crippen molar-refractivity contribution in [2.75, 3.05) is 18.0 Å². The van der Waals surface area contributed by atoms with Crippen molar-refractivity contribution in [2.24, 2.45) is 5.41 Å². The van der Waals surface area contributed by atoms with Gasteiger partial charge in [0, 0.05) is 23.2 Å². The molecule has 5 rings (SSSR count). The molecule has 0 saturated heterocycles. The number of nitrogens with one attached hydrogen (secondary N) is 1. The third-order valence-electron chi connectivity index (χ3n) is 6.89. The van der Waals surface area contributed by atoms with E-state index in [1.54, 1.807) is 0 Å². The number of rotatable bonds is 10. The van der Waals surface area contributed by atoms with E-state index in [2.05, 4.69) is 104 Å². The Balaban J connectivity index is 1.45. The first-order chi connectivity index (χ1) is 18.4. The highest BCUT2D eigenvalue weighted by Crippen LogP contribution is 2.42. The van der Waals surface area contributed by atoms with E-state index in [0.717, 1.165) is 27.9 Å². The van der Waals surface area contributed by atoms with Gasteiger partial charge in [-0.1, -0.05) is 74.9 Å². The molecule has 0 radical (unpaired) electrons. The average Bonchev–Trinajstić information content (AvgIpc) is 3.56. The van der Waals surface area contributed by atoms with E-state index in [4.69, 9.17) is 5.10 Å². The lowest BCUT2D eigenvalue weighted by atomic mass is 9.71. The van der Waals surface area contributed by atoms with Crippen molar-refractivity contribution in [3.63, 3.8) is 0 Å². The van der Waals surface area contributed by atoms with Crippen LogP contribution in [0.2, 0.25) is 0 Å². The number of hydrogen-bond donors (Lipinski definition) is 1. The Morgan fingerprint density at radius 3 is 2.55 bits per heavy atom. The maximum atomic E-state index is 12.3. The summed E-state index contributed by atoms with van der Waals surface area (Å²) >= 11 is 1.50. The lowest BCUT2D eigenvalue weighted by molar-refractivity contribution is 0.108. The third kappa shape index (κ3) is 5.57. The van der Waals surface area contributed by atoms with Crippen molar-refractivity contribution in [3.05, 3.63) is 107 Å². The molecule has 0 saturated carbocycles. The van der Waals surface area contributed by atoms with Crippen LogP contribution in [0.25, 0.3) is 16.6 Å². The molecule has 2 heterocycles. The van der Waals surface area contributed by atoms with Crippen LogP contribution in [0, 0.1) is 12.3 Å². The van der Waals surface area contributed by atoms with Crippen LogP contribution in [-0.4, -0.2) is 33.0 Å². The molecule has 2 atom stereocenters. The SMILES string of the molecule is CCPC(=O)c1csc(NCC(C)(C)C(c2ccccc2)c2ccc3c(cnn3-c3ccc(C)cc3)c2)n1. The van der Waals surface area contributed by atoms with Crippen LogP contribution >= 0.6 is 19.9 Å². The fraction of sp³-hybridized carbons (Fsp3) is 0.258. The summed E-state index contributed by atoms with van der Waals surface area (Å²) in [5, 5.41) is 12.0. The molecular formula is C31H33N4OPS. The molecule has 194 valence electrons. The molecule has 0 aliphatic carbocycles. The van der Waals surface area contributed by atoms with E-state index < -0.39 is 0 Å². The number of thiazole rings is 1. The minimum Gasteiger partial charge on any atom is -0.361 e. The normalized spacial score (nSPS) is 12.8. The lowest BCUT2D eigenvalue weighted by Gasteiger charge is -2.35. The first kappa shape index (κ1) is 26.3. The molecule has 1 N–H and O–H groups in total. The van der Waals surface area contributed by atoms with Gasteiger partial charge in [-0.05, 0) is 62.5 Å². The van der Waals surface area contributed by atoms with Crippen molar-refractivity contribution >= 4 is 41.5 Å². The number of hydrogen-bond acceptors (Lipinski definition) is 5. The maximum absolute atomic E-state index is 12.3. The van der Waals surface area contributed by atoms with E-state index >= 15 is 0 Å². The highest BCUT2D eigenvalue weighted by Gasteiger charge is 2.33. The van der Waals surface area contributed by atoms with E-state index in [1.807, 2.05) is 23.2 Å². The second kappa shape index (κ2) is 11.2. The Morgan fingerprint density at radius 1 is 1.05 bits per heavy atom. The highest BCUT2D eigenvalue weighted by molar-refractivity contribution is 7.58. The van der Waals surface area contributed by atoms with Crippen LogP contribution in [0.3, 0.4) is 0 Å². The first-order valence-electron chi connectivity index (χ1n) is 12.9. The molecule has 0 fully saturated rings. The standard InChI is InChI=1S/C31H33N4OPS/c1-5-37-29(36)26-19-38-30(34-26)32-20-31(3,4)28(22-9-7-6-8-10-22)23-13-16-27-24(17-23)18-33-35(27)25-14-11-21(2)12-15-25/h6-19,28,37H,5,20H2,1-4H3,(H,32,34). The van der Waals surface area contributed by atoms with Gasteiger partial charge in [0.1, 0.15) is 5.69 Å². The predicted molar refractivity (Wildman–Crippen MR) is 162 cm³/mol. The largest absolute Gasteiger partial charge is 0.361 e. The molecule has 0 amide bonds. The summed E-state index contributed by atoms with van der Waals surface area (Å²) in [6.07, 6.45) is 2.82. The lowest BCUT2D eigenvalue weighted by Crippen LogP contribution is -2.31. The molecular weight excluding hydrogens is 507 g/mol. The maximum Gasteiger partial charge on any atom is 0.200 e. The molecule has 0 aliphatic heterocycles. The zero-order valence-corrected chi connectivity index (χ0v) is 24.0. The summed E-state index contributed by atoms with van der Waals surface area (Å²) in [6, 6.07) is 25.8. The number of aryl methyl sites for hydroxylation is 1. The number of fused-ring (bicyclic) bond motifs is 1. The van der Waals surface area contributed by atoms with Crippen molar-refractivity contribution in [2.45, 2.75) is 33.6 Å². The predicted octanol–water partition coefficient (Wildman–Crippen LogP) is 7.90. The van der Waals surface area contributed by atoms with Gasteiger partial charge in [-0.2, -0.15) is 5.10 Å². The number of anilines is 1. The zero-order chi connectivity index (χ0) is 26.7. The molecule has 7 heteroatoms. The summed E-state index contributed by atoms with van der Waals surface area (Å²) < 4.78 is 2.00. The molecule has 5 aromatic rings. The average molecular weight is 541 g/mol. The van der Waals surface area contributed by atoms with E-state index in [0.29, 0.717) is 12.2 Å². The third-order valence-corrected chi connectivity index (χ3v) is 8.62. The van der Waals surface area contributed by atoms with Crippen molar-refractivity contribution in [1.29, 1.82) is 0 Å². The molecule has 2 aromatic heterocycles. The van der Waals surface area contributed by atoms with Gasteiger partial charge in [-0.25, -0.2) is 9.67 Å². The molecule has 0 spiro atoms. The smallest absolute Gasteiger partial charge is 0.200 e. The van der Waals surface area contributed by atoms with Gasteiger partial charge in [-0.3, -0.25) is 4.79 Å². The van der Waals surface area contributed by atoms with E-state index in [1.165, 1.54) is 28.0 Å². The Morgan fingerprint density at radius 2 is 1.82 bits per heavy atom. The van der Waals surface area contributed by atoms with Gasteiger partial charge in [0.15, 0.2) is 10.7 Å². The van der Waals surface area contributed by atoms with Gasteiger partial charge >= 0.3 is 0 Å². The van der Waals surface area contributed by atoms with Gasteiger partial charge in [0.2, 0.25) is 0 Å². The summed E-state index contributed by atoms with van der Waals surface area (Å²) in [5.41, 5.74) is 6.46. The molecule has 0 bridgehead atoms. The van der Waals surface area contributed by atoms with Gasteiger partial charge < -0.3 is 5.32 Å². The Bertz CT molecular complexity index is 1540. The summed E-state index contributed by atoms with van der Waals surface area (Å²) in [6.45, 7) is 9.41. The Kier molecular flexibility index (Phi) is 7.73. The highest BCUT2D eigenvalue weighted by atomic mass is 32.1. The number of aromatic nitrogens is 3. The second-order valence-corrected chi connectivity index (χ2v) is 12.7. The van der Waals surface area contributed by atoms with Crippen LogP contribution in [0.15, 0.2) is 84.4 Å². The van der Waals surface area contributed by atoms with Gasteiger partial charge in [-0.15, -0.1) is 11.3 Å². The van der Waals surface area contributed by atoms with E-state index in [9.17, 15) is 4.79 Å². The Hall–Kier alpha value is -3.34. The van der Waals surface area contributed by atoms with Crippen LogP contribution in [-0.2, 0) is 0 Å². The first-order valence-corrected chi connectivity index (χ1v) is 15.0. The van der Waals surface area contributed by atoms with E-state index in [-0.39, 0.29) is 25.4 Å². The minimum absolute atomic E-state index is 0.137. The fourth-order valence-electron chi connectivity index (χ4n) is 4.98. The molecule has 5 nitrogen and oxygen atoms in total. The van der Waals surface area contributed by atoms with Crippen LogP contribution < -0.4 is 5.32 Å². The zero-order valence-electron chi connectivity index (χ0n) is 22.2. The number of nitrogens with zero attached hydrogens (tertiary/aromatic N) is 3. The molecule has 3 aromatic carbocycles. The Labute approximate surface area is 230 Å². The van der Waals surface area contributed by atoms with Crippen LogP contribution in [0.1, 0.15) is 53.9 Å². The van der Waals surface area contributed by atoms with Crippen LogP contribution in [0.5, 0.6) is 0 Å². The molecule has 0 aliphatic rings. The summed E-state index contributed by atoms with van der Waals surface area (Å²) in [4.78, 5) is 16.8. The number of benzene rings is 3. The van der Waals surface area contributed by atoms with Gasteiger partial charge in [0.25, 0.3) is 0 Å². The number of carbonyl (C=O) groups excluding carboxylic acids is 1. The monoisotopic (exact) mass is 540 g/mol. The summed E-state index contributed by atoms with van der Waals surface area (Å²) in [5.74, 6) is 0.144. The second-order valence-electron chi connectivity index (χ2n) is 10.3. The molecule has 2 unspecified atom stereocenters. The molecule has 38 heavy (non-hydrogen) atoms. The van der Waals surface area contributed by atoms with Crippen molar-refractivity contribution in [3.8, 4) is 5.69 Å². The summed E-state index contributed by atoms with van der Waals surface area (Å²) in [7, 11) is 0.283. The number of carbonyl (C=O) groups is 1. The quantitative estimate of drug-likeness (QED) is 0.183. The van der Waals surface area contributed by atoms with Crippen molar-refractivity contribution < 1.29 is 4.79 Å². The van der Waals surface area contributed by atoms with Gasteiger partial charge in [0.05, 0.1) is 17.4 Å². The van der Waals surface area contributed by atoms with Crippen LogP contribution in [0.4, 0.5) is 5.13 Å². The topological polar surface area (TPSA) is 59.8 Å². The van der Waals surface area contributed by atoms with Crippen molar-refractivity contribution in [1.82, 2.24) is 14.8 Å². The minimum atomic E-state index is -0.150.